The molecule has 0 bridgehead atoms. The van der Waals surface area contributed by atoms with E-state index in [1.807, 2.05) is 30.3 Å². The van der Waals surface area contributed by atoms with E-state index in [0.29, 0.717) is 0 Å². The van der Waals surface area contributed by atoms with Gasteiger partial charge in [-0.05, 0) is 22.1 Å². The number of aromatic nitrogens is 4. The highest BCUT2D eigenvalue weighted by atomic mass is 19.4. The van der Waals surface area contributed by atoms with E-state index in [0.717, 1.165) is 10.2 Å². The second-order valence-electron chi connectivity index (χ2n) is 4.02. The predicted molar refractivity (Wildman–Crippen MR) is 65.2 cm³/mol. The van der Waals surface area contributed by atoms with Crippen LogP contribution < -0.4 is 0 Å². The third-order valence-corrected chi connectivity index (χ3v) is 2.51. The predicted octanol–water partition coefficient (Wildman–Crippen LogP) is 1.77. The fourth-order valence-electron chi connectivity index (χ4n) is 1.46. The number of nitrogens with zero attached hydrogens (tertiary/aromatic N) is 4. The van der Waals surface area contributed by atoms with Crippen LogP contribution in [0.15, 0.2) is 30.3 Å². The molecule has 2 aromatic rings. The smallest absolute Gasteiger partial charge is 0.382 e. The molecule has 0 fully saturated rings. The van der Waals surface area contributed by atoms with Crippen molar-refractivity contribution in [2.75, 3.05) is 0 Å². The van der Waals surface area contributed by atoms with Crippen LogP contribution in [0.2, 0.25) is 0 Å². The van der Waals surface area contributed by atoms with Crippen molar-refractivity contribution in [2.45, 2.75) is 18.8 Å². The Morgan fingerprint density at radius 3 is 2.55 bits per heavy atom. The van der Waals surface area contributed by atoms with Gasteiger partial charge in [-0.2, -0.15) is 13.2 Å². The molecule has 0 spiro atoms. The Morgan fingerprint density at radius 1 is 1.20 bits per heavy atom. The Balaban J connectivity index is 2.11. The van der Waals surface area contributed by atoms with Gasteiger partial charge < -0.3 is 5.11 Å². The van der Waals surface area contributed by atoms with Crippen molar-refractivity contribution < 1.29 is 18.3 Å². The fourth-order valence-corrected chi connectivity index (χ4v) is 1.46. The van der Waals surface area contributed by atoms with Gasteiger partial charge >= 0.3 is 6.18 Å². The molecule has 2 rings (SSSR count). The lowest BCUT2D eigenvalue weighted by Gasteiger charge is -2.13. The first-order valence-electron chi connectivity index (χ1n) is 5.71. The van der Waals surface area contributed by atoms with Gasteiger partial charge in [0.2, 0.25) is 0 Å². The zero-order chi connectivity index (χ0) is 14.6. The highest BCUT2D eigenvalue weighted by Crippen LogP contribution is 2.21. The number of aliphatic hydroxyl groups excluding tert-OH is 1. The minimum Gasteiger partial charge on any atom is -0.382 e. The molecule has 8 heteroatoms. The summed E-state index contributed by atoms with van der Waals surface area (Å²) in [6, 6.07) is 9.16. The van der Waals surface area contributed by atoms with Gasteiger partial charge in [0.1, 0.15) is 0 Å². The highest BCUT2D eigenvalue weighted by Gasteiger charge is 2.38. The number of aliphatic hydroxyl groups is 1. The average Bonchev–Trinajstić information content (AvgIpc) is 2.84. The first kappa shape index (κ1) is 14.2. The summed E-state index contributed by atoms with van der Waals surface area (Å²) in [4.78, 5) is 0. The van der Waals surface area contributed by atoms with Gasteiger partial charge in [0.05, 0.1) is 6.54 Å². The Hall–Kier alpha value is -2.22. The molecule has 0 radical (unpaired) electrons. The van der Waals surface area contributed by atoms with E-state index in [2.05, 4.69) is 15.5 Å². The van der Waals surface area contributed by atoms with Crippen LogP contribution in [-0.4, -0.2) is 37.6 Å². The molecule has 0 aliphatic heterocycles. The minimum atomic E-state index is -4.70. The summed E-state index contributed by atoms with van der Waals surface area (Å²) in [6.07, 6.45) is -4.05. The van der Waals surface area contributed by atoms with Gasteiger partial charge in [0.15, 0.2) is 11.9 Å². The summed E-state index contributed by atoms with van der Waals surface area (Å²) >= 11 is 0. The van der Waals surface area contributed by atoms with E-state index < -0.39 is 18.8 Å². The van der Waals surface area contributed by atoms with Crippen molar-refractivity contribution in [1.29, 1.82) is 0 Å². The molecule has 5 nitrogen and oxygen atoms in total. The van der Waals surface area contributed by atoms with Crippen LogP contribution in [0.25, 0.3) is 12.2 Å². The number of hydrogen-bond acceptors (Lipinski definition) is 4. The molecule has 1 aromatic heterocycles. The van der Waals surface area contributed by atoms with E-state index in [1.54, 1.807) is 6.08 Å². The molecule has 1 atom stereocenters. The second kappa shape index (κ2) is 5.83. The van der Waals surface area contributed by atoms with Gasteiger partial charge in [-0.3, -0.25) is 0 Å². The van der Waals surface area contributed by atoms with Crippen LogP contribution in [-0.2, 0) is 6.54 Å². The van der Waals surface area contributed by atoms with Crippen molar-refractivity contribution in [3.05, 3.63) is 41.7 Å². The number of rotatable bonds is 4. The van der Waals surface area contributed by atoms with Crippen molar-refractivity contribution in [3.8, 4) is 0 Å². The van der Waals surface area contributed by atoms with Gasteiger partial charge in [-0.15, -0.1) is 5.10 Å². The Morgan fingerprint density at radius 2 is 1.90 bits per heavy atom. The highest BCUT2D eigenvalue weighted by molar-refractivity contribution is 5.66. The number of benzene rings is 1. The first-order valence-corrected chi connectivity index (χ1v) is 5.71. The molecular formula is C12H11F3N4O. The Kier molecular flexibility index (Phi) is 4.14. The molecule has 0 saturated carbocycles. The maximum Gasteiger partial charge on any atom is 0.416 e. The fraction of sp³-hybridized carbons (Fsp3) is 0.250. The first-order chi connectivity index (χ1) is 9.47. The molecule has 0 saturated heterocycles. The number of halogens is 3. The van der Waals surface area contributed by atoms with Gasteiger partial charge in [-0.1, -0.05) is 36.4 Å². The molecule has 0 aliphatic carbocycles. The number of alkyl halides is 3. The Labute approximate surface area is 112 Å². The third-order valence-electron chi connectivity index (χ3n) is 2.51. The summed E-state index contributed by atoms with van der Waals surface area (Å²) in [7, 11) is 0. The lowest BCUT2D eigenvalue weighted by molar-refractivity contribution is -0.208. The number of tetrazole rings is 1. The van der Waals surface area contributed by atoms with E-state index in [9.17, 15) is 13.2 Å². The Bertz CT molecular complexity index is 580. The van der Waals surface area contributed by atoms with Gasteiger partial charge in [0.25, 0.3) is 0 Å². The summed E-state index contributed by atoms with van der Waals surface area (Å²) in [5.41, 5.74) is 0.860. The van der Waals surface area contributed by atoms with Crippen LogP contribution >= 0.6 is 0 Å². The average molecular weight is 284 g/mol. The molecule has 0 aliphatic rings. The molecule has 1 N–H and O–H groups in total. The second-order valence-corrected chi connectivity index (χ2v) is 4.02. The van der Waals surface area contributed by atoms with Crippen LogP contribution in [0.1, 0.15) is 11.4 Å². The molecule has 1 aromatic carbocycles. The summed E-state index contributed by atoms with van der Waals surface area (Å²) in [5, 5.41) is 19.3. The number of hydrogen-bond donors (Lipinski definition) is 1. The van der Waals surface area contributed by atoms with Crippen LogP contribution in [0.5, 0.6) is 0 Å². The van der Waals surface area contributed by atoms with Crippen LogP contribution in [0.4, 0.5) is 13.2 Å². The third kappa shape index (κ3) is 3.64. The van der Waals surface area contributed by atoms with Crippen molar-refractivity contribution in [2.24, 2.45) is 0 Å². The van der Waals surface area contributed by atoms with Crippen molar-refractivity contribution in [3.63, 3.8) is 0 Å². The maximum atomic E-state index is 12.3. The van der Waals surface area contributed by atoms with Crippen molar-refractivity contribution >= 4 is 12.2 Å². The SMILES string of the molecule is OC(Cn1nnnc1/C=C/c1ccccc1)C(F)(F)F. The molecule has 0 amide bonds. The van der Waals surface area contributed by atoms with E-state index in [4.69, 9.17) is 5.11 Å². The van der Waals surface area contributed by atoms with Crippen molar-refractivity contribution in [1.82, 2.24) is 20.2 Å². The van der Waals surface area contributed by atoms with E-state index >= 15 is 0 Å². The lowest BCUT2D eigenvalue weighted by Crippen LogP contribution is -2.33. The molecule has 1 unspecified atom stereocenters. The lowest BCUT2D eigenvalue weighted by atomic mass is 10.2. The standard InChI is InChI=1S/C12H11F3N4O/c13-12(14,15)10(20)8-19-11(16-17-18-19)7-6-9-4-2-1-3-5-9/h1-7,10,20H,8H2/b7-6+. The van der Waals surface area contributed by atoms with E-state index in [1.165, 1.54) is 6.08 Å². The maximum absolute atomic E-state index is 12.3. The summed E-state index contributed by atoms with van der Waals surface area (Å²) in [6.45, 7) is -0.745. The van der Waals surface area contributed by atoms with Gasteiger partial charge in [-0.25, -0.2) is 4.68 Å². The molecule has 20 heavy (non-hydrogen) atoms. The molecule has 106 valence electrons. The minimum absolute atomic E-state index is 0.136. The molecular weight excluding hydrogens is 273 g/mol. The monoisotopic (exact) mass is 284 g/mol. The normalized spacial score (nSPS) is 13.8. The topological polar surface area (TPSA) is 63.8 Å². The van der Waals surface area contributed by atoms with E-state index in [-0.39, 0.29) is 5.82 Å². The largest absolute Gasteiger partial charge is 0.416 e. The van der Waals surface area contributed by atoms with Crippen LogP contribution in [0.3, 0.4) is 0 Å². The van der Waals surface area contributed by atoms with Gasteiger partial charge in [0, 0.05) is 0 Å². The van der Waals surface area contributed by atoms with Crippen LogP contribution in [0, 0.1) is 0 Å². The summed E-state index contributed by atoms with van der Waals surface area (Å²) < 4.78 is 37.7. The molecule has 1 heterocycles. The zero-order valence-electron chi connectivity index (χ0n) is 10.2. The summed E-state index contributed by atoms with van der Waals surface area (Å²) in [5.74, 6) is 0.136. The zero-order valence-corrected chi connectivity index (χ0v) is 10.2. The quantitative estimate of drug-likeness (QED) is 0.929.